The third-order valence-corrected chi connectivity index (χ3v) is 2.64. The Morgan fingerprint density at radius 2 is 2.14 bits per heavy atom. The number of nitrogens with zero attached hydrogens (tertiary/aromatic N) is 1. The molecule has 0 aromatic heterocycles. The molecule has 114 valence electrons. The molecule has 0 unspecified atom stereocenters. The molecule has 0 aliphatic rings. The third-order valence-electron chi connectivity index (χ3n) is 2.64. The maximum Gasteiger partial charge on any atom is 0.416 e. The van der Waals surface area contributed by atoms with Gasteiger partial charge in [0.2, 0.25) is 5.91 Å². The van der Waals surface area contributed by atoms with Crippen LogP contribution in [0.25, 0.3) is 0 Å². The Bertz CT molecular complexity index is 536. The van der Waals surface area contributed by atoms with Crippen LogP contribution in [0.4, 0.5) is 18.9 Å². The highest BCUT2D eigenvalue weighted by Gasteiger charge is 2.31. The van der Waals surface area contributed by atoms with Gasteiger partial charge in [0.05, 0.1) is 16.8 Å². The topological polar surface area (TPSA) is 62.1 Å². The Kier molecular flexibility index (Phi) is 6.18. The largest absolute Gasteiger partial charge is 0.416 e. The first-order valence-electron chi connectivity index (χ1n) is 6.37. The number of anilines is 1. The van der Waals surface area contributed by atoms with Gasteiger partial charge in [0.1, 0.15) is 6.07 Å². The van der Waals surface area contributed by atoms with Crippen LogP contribution in [-0.4, -0.2) is 19.1 Å². The average molecular weight is 300 g/mol. The van der Waals surface area contributed by atoms with Gasteiger partial charge in [-0.2, -0.15) is 18.4 Å². The number of amides is 1. The molecule has 0 aliphatic heterocycles. The summed E-state index contributed by atoms with van der Waals surface area (Å²) < 4.78 is 42.7. The highest BCUT2D eigenvalue weighted by Crippen LogP contribution is 2.31. The first-order chi connectivity index (χ1) is 9.88. The van der Waals surface area contributed by atoms with Crippen molar-refractivity contribution in [2.24, 2.45) is 0 Å². The van der Waals surface area contributed by atoms with Crippen molar-refractivity contribution in [3.63, 3.8) is 0 Å². The van der Waals surface area contributed by atoms with Crippen molar-refractivity contribution in [1.29, 1.82) is 5.26 Å². The van der Waals surface area contributed by atoms with Crippen LogP contribution in [0.1, 0.15) is 30.9 Å². The lowest BCUT2D eigenvalue weighted by molar-refractivity contribution is -0.137. The van der Waals surface area contributed by atoms with E-state index in [1.54, 1.807) is 6.07 Å². The summed E-state index contributed by atoms with van der Waals surface area (Å²) in [5, 5.41) is 11.3. The maximum atomic E-state index is 12.5. The molecule has 7 heteroatoms. The molecule has 0 heterocycles. The SMILES string of the molecule is CCOCCCC(=O)Nc1ccc(C(F)(F)F)cc1C#N. The van der Waals surface area contributed by atoms with Gasteiger partial charge in [-0.1, -0.05) is 0 Å². The van der Waals surface area contributed by atoms with Crippen LogP contribution >= 0.6 is 0 Å². The molecule has 0 spiro atoms. The molecule has 0 atom stereocenters. The Morgan fingerprint density at radius 3 is 2.71 bits per heavy atom. The fourth-order valence-electron chi connectivity index (χ4n) is 1.61. The number of hydrogen-bond acceptors (Lipinski definition) is 3. The van der Waals surface area contributed by atoms with E-state index in [-0.39, 0.29) is 23.6 Å². The van der Waals surface area contributed by atoms with Crippen molar-refractivity contribution in [2.45, 2.75) is 25.9 Å². The van der Waals surface area contributed by atoms with Crippen molar-refractivity contribution >= 4 is 11.6 Å². The molecule has 4 nitrogen and oxygen atoms in total. The first kappa shape index (κ1) is 17.0. The number of nitrogens with one attached hydrogen (secondary N) is 1. The Labute approximate surface area is 120 Å². The van der Waals surface area contributed by atoms with Gasteiger partial charge in [-0.3, -0.25) is 4.79 Å². The Morgan fingerprint density at radius 1 is 1.43 bits per heavy atom. The van der Waals surface area contributed by atoms with E-state index in [0.717, 1.165) is 18.2 Å². The summed E-state index contributed by atoms with van der Waals surface area (Å²) in [5.41, 5.74) is -1.07. The zero-order valence-corrected chi connectivity index (χ0v) is 11.5. The predicted octanol–water partition coefficient (Wildman–Crippen LogP) is 3.33. The molecule has 1 amide bonds. The Balaban J connectivity index is 2.71. The van der Waals surface area contributed by atoms with Crippen LogP contribution in [0.2, 0.25) is 0 Å². The molecule has 0 saturated carbocycles. The fourth-order valence-corrected chi connectivity index (χ4v) is 1.61. The number of rotatable bonds is 6. The van der Waals surface area contributed by atoms with Crippen LogP contribution in [-0.2, 0) is 15.7 Å². The minimum atomic E-state index is -4.52. The molecule has 0 aliphatic carbocycles. The number of hydrogen-bond donors (Lipinski definition) is 1. The van der Waals surface area contributed by atoms with E-state index in [0.29, 0.717) is 19.6 Å². The molecule has 0 radical (unpaired) electrons. The zero-order valence-electron chi connectivity index (χ0n) is 11.5. The summed E-state index contributed by atoms with van der Waals surface area (Å²) in [6.45, 7) is 2.82. The number of halogens is 3. The highest BCUT2D eigenvalue weighted by molar-refractivity contribution is 5.92. The van der Waals surface area contributed by atoms with Crippen molar-refractivity contribution < 1.29 is 22.7 Å². The molecule has 21 heavy (non-hydrogen) atoms. The predicted molar refractivity (Wildman–Crippen MR) is 70.5 cm³/mol. The van der Waals surface area contributed by atoms with Crippen molar-refractivity contribution in [2.75, 3.05) is 18.5 Å². The highest BCUT2D eigenvalue weighted by atomic mass is 19.4. The second-order valence-corrected chi connectivity index (χ2v) is 4.22. The minimum absolute atomic E-state index is 0.0758. The van der Waals surface area contributed by atoms with Gasteiger partial charge in [-0.05, 0) is 31.5 Å². The monoisotopic (exact) mass is 300 g/mol. The molecule has 0 fully saturated rings. The summed E-state index contributed by atoms with van der Waals surface area (Å²) in [7, 11) is 0. The normalized spacial score (nSPS) is 11.0. The van der Waals surface area contributed by atoms with Crippen molar-refractivity contribution in [3.05, 3.63) is 29.3 Å². The van der Waals surface area contributed by atoms with E-state index in [9.17, 15) is 18.0 Å². The number of nitriles is 1. The van der Waals surface area contributed by atoms with Gasteiger partial charge >= 0.3 is 6.18 Å². The molecule has 0 bridgehead atoms. The van der Waals surface area contributed by atoms with E-state index in [1.165, 1.54) is 0 Å². The third kappa shape index (κ3) is 5.44. The van der Waals surface area contributed by atoms with E-state index >= 15 is 0 Å². The first-order valence-corrected chi connectivity index (χ1v) is 6.37. The van der Waals surface area contributed by atoms with Crippen LogP contribution in [0, 0.1) is 11.3 Å². The summed E-state index contributed by atoms with van der Waals surface area (Å²) >= 11 is 0. The van der Waals surface area contributed by atoms with Crippen LogP contribution in [0.3, 0.4) is 0 Å². The smallest absolute Gasteiger partial charge is 0.382 e. The van der Waals surface area contributed by atoms with Gasteiger partial charge in [0.25, 0.3) is 0 Å². The van der Waals surface area contributed by atoms with Crippen molar-refractivity contribution in [1.82, 2.24) is 0 Å². The average Bonchev–Trinajstić information content (AvgIpc) is 2.43. The zero-order chi connectivity index (χ0) is 15.9. The molecule has 1 rings (SSSR count). The van der Waals surface area contributed by atoms with Gasteiger partial charge in [-0.15, -0.1) is 0 Å². The van der Waals surface area contributed by atoms with Crippen LogP contribution < -0.4 is 5.32 Å². The van der Waals surface area contributed by atoms with Crippen molar-refractivity contribution in [3.8, 4) is 6.07 Å². The Hall–Kier alpha value is -2.07. The van der Waals surface area contributed by atoms with Gasteiger partial charge in [-0.25, -0.2) is 0 Å². The van der Waals surface area contributed by atoms with E-state index in [1.807, 2.05) is 6.92 Å². The number of ether oxygens (including phenoxy) is 1. The fraction of sp³-hybridized carbons (Fsp3) is 0.429. The second kappa shape index (κ2) is 7.64. The van der Waals surface area contributed by atoms with Gasteiger partial charge in [0.15, 0.2) is 0 Å². The van der Waals surface area contributed by atoms with E-state index in [4.69, 9.17) is 10.00 Å². The molecular formula is C14H15F3N2O2. The lowest BCUT2D eigenvalue weighted by atomic mass is 10.1. The number of carbonyl (C=O) groups excluding carboxylic acids is 1. The quantitative estimate of drug-likeness (QED) is 0.820. The molecule has 0 saturated heterocycles. The summed E-state index contributed by atoms with van der Waals surface area (Å²) in [6, 6.07) is 4.28. The molecule has 1 N–H and O–H groups in total. The summed E-state index contributed by atoms with van der Waals surface area (Å²) in [6.07, 6.45) is -3.85. The van der Waals surface area contributed by atoms with Gasteiger partial charge in [0, 0.05) is 19.6 Å². The van der Waals surface area contributed by atoms with Gasteiger partial charge < -0.3 is 10.1 Å². The molecule has 1 aromatic rings. The molecular weight excluding hydrogens is 285 g/mol. The number of alkyl halides is 3. The number of carbonyl (C=O) groups is 1. The maximum absolute atomic E-state index is 12.5. The number of benzene rings is 1. The summed E-state index contributed by atoms with van der Waals surface area (Å²) in [4.78, 5) is 11.6. The lowest BCUT2D eigenvalue weighted by Crippen LogP contribution is -2.14. The molecule has 1 aromatic carbocycles. The standard InChI is InChI=1S/C14H15F3N2O2/c1-2-21-7-3-4-13(20)19-12-6-5-11(14(15,16)17)8-10(12)9-18/h5-6,8H,2-4,7H2,1H3,(H,19,20). The second-order valence-electron chi connectivity index (χ2n) is 4.22. The minimum Gasteiger partial charge on any atom is -0.382 e. The van der Waals surface area contributed by atoms with Crippen LogP contribution in [0.15, 0.2) is 18.2 Å². The summed E-state index contributed by atoms with van der Waals surface area (Å²) in [5.74, 6) is -0.369. The van der Waals surface area contributed by atoms with E-state index < -0.39 is 11.7 Å². The lowest BCUT2D eigenvalue weighted by Gasteiger charge is -2.11. The van der Waals surface area contributed by atoms with E-state index in [2.05, 4.69) is 5.32 Å². The van der Waals surface area contributed by atoms with Crippen LogP contribution in [0.5, 0.6) is 0 Å².